The van der Waals surface area contributed by atoms with Gasteiger partial charge in [0.1, 0.15) is 11.3 Å². The van der Waals surface area contributed by atoms with Crippen LogP contribution >= 0.6 is 0 Å². The molecule has 0 spiro atoms. The number of piperidine rings is 1. The highest BCUT2D eigenvalue weighted by molar-refractivity contribution is 5.74. The molecule has 2 aliphatic rings. The number of nitrogens with zero attached hydrogens (tertiary/aromatic N) is 2. The molecule has 1 aromatic heterocycles. The van der Waals surface area contributed by atoms with Gasteiger partial charge >= 0.3 is 0 Å². The summed E-state index contributed by atoms with van der Waals surface area (Å²) >= 11 is 0. The van der Waals surface area contributed by atoms with E-state index >= 15 is 0 Å². The molecule has 2 saturated heterocycles. The lowest BCUT2D eigenvalue weighted by molar-refractivity contribution is -0.0295. The summed E-state index contributed by atoms with van der Waals surface area (Å²) in [5, 5.41) is 3.36. The van der Waals surface area contributed by atoms with Crippen molar-refractivity contribution in [2.24, 2.45) is 0 Å². The standard InChI is InChI=1S/C18H24FN3O2/c19-14-4-5-15-16(12-14)24-17(21-15)20-13-18(6-10-23-11-7-18)22-8-2-1-3-9-22/h4-5,12H,1-3,6-11,13H2,(H,20,21). The van der Waals surface area contributed by atoms with Crippen molar-refractivity contribution in [2.45, 2.75) is 37.6 Å². The second kappa shape index (κ2) is 6.69. The molecule has 4 rings (SSSR count). The predicted octanol–water partition coefficient (Wildman–Crippen LogP) is 3.41. The summed E-state index contributed by atoms with van der Waals surface area (Å²) in [7, 11) is 0. The lowest BCUT2D eigenvalue weighted by Crippen LogP contribution is -2.57. The van der Waals surface area contributed by atoms with Crippen LogP contribution in [0.3, 0.4) is 0 Å². The maximum atomic E-state index is 13.3. The Morgan fingerprint density at radius 2 is 1.96 bits per heavy atom. The van der Waals surface area contributed by atoms with Gasteiger partial charge in [0.05, 0.1) is 0 Å². The van der Waals surface area contributed by atoms with Crippen LogP contribution < -0.4 is 5.32 Å². The maximum absolute atomic E-state index is 13.3. The number of rotatable bonds is 4. The second-order valence-corrected chi connectivity index (χ2v) is 6.87. The number of hydrogen-bond donors (Lipinski definition) is 1. The van der Waals surface area contributed by atoms with E-state index in [1.807, 2.05) is 0 Å². The Kier molecular flexibility index (Phi) is 4.41. The molecule has 1 aromatic carbocycles. The maximum Gasteiger partial charge on any atom is 0.295 e. The van der Waals surface area contributed by atoms with Crippen molar-refractivity contribution in [3.8, 4) is 0 Å². The van der Waals surface area contributed by atoms with Gasteiger partial charge < -0.3 is 14.5 Å². The SMILES string of the molecule is Fc1ccc2nc(NCC3(N4CCCCC4)CCOCC3)oc2c1. The molecular weight excluding hydrogens is 309 g/mol. The Morgan fingerprint density at radius 1 is 1.17 bits per heavy atom. The Hall–Kier alpha value is -1.66. The molecule has 130 valence electrons. The van der Waals surface area contributed by atoms with Gasteiger partial charge in [-0.2, -0.15) is 4.98 Å². The van der Waals surface area contributed by atoms with E-state index in [0.29, 0.717) is 17.1 Å². The normalized spacial score (nSPS) is 21.9. The molecule has 0 radical (unpaired) electrons. The number of aromatic nitrogens is 1. The number of nitrogens with one attached hydrogen (secondary N) is 1. The quantitative estimate of drug-likeness (QED) is 0.929. The van der Waals surface area contributed by atoms with Crippen LogP contribution in [0.1, 0.15) is 32.1 Å². The lowest BCUT2D eigenvalue weighted by Gasteiger charge is -2.48. The Balaban J connectivity index is 1.51. The minimum atomic E-state index is -0.306. The Morgan fingerprint density at radius 3 is 2.75 bits per heavy atom. The number of hydrogen-bond acceptors (Lipinski definition) is 5. The number of halogens is 1. The van der Waals surface area contributed by atoms with Crippen LogP contribution in [0, 0.1) is 5.82 Å². The summed E-state index contributed by atoms with van der Waals surface area (Å²) in [4.78, 5) is 7.04. The van der Waals surface area contributed by atoms with Crippen molar-refractivity contribution in [3.05, 3.63) is 24.0 Å². The van der Waals surface area contributed by atoms with Gasteiger partial charge in [0.2, 0.25) is 0 Å². The van der Waals surface area contributed by atoms with E-state index in [0.717, 1.165) is 45.7 Å². The van der Waals surface area contributed by atoms with Gasteiger partial charge in [-0.15, -0.1) is 0 Å². The van der Waals surface area contributed by atoms with Gasteiger partial charge in [0.15, 0.2) is 5.58 Å². The van der Waals surface area contributed by atoms with Crippen LogP contribution in [0.25, 0.3) is 11.1 Å². The van der Waals surface area contributed by atoms with Crippen LogP contribution in [0.4, 0.5) is 10.4 Å². The van der Waals surface area contributed by atoms with Gasteiger partial charge in [-0.05, 0) is 50.9 Å². The average molecular weight is 333 g/mol. The minimum absolute atomic E-state index is 0.102. The molecule has 0 unspecified atom stereocenters. The summed E-state index contributed by atoms with van der Waals surface area (Å²) in [6, 6.07) is 4.90. The average Bonchev–Trinajstić information content (AvgIpc) is 3.04. The van der Waals surface area contributed by atoms with Crippen molar-refractivity contribution in [2.75, 3.05) is 38.2 Å². The van der Waals surface area contributed by atoms with Crippen LogP contribution in [0.2, 0.25) is 0 Å². The minimum Gasteiger partial charge on any atom is -0.423 e. The molecule has 0 bridgehead atoms. The lowest BCUT2D eigenvalue weighted by atomic mass is 9.86. The first-order valence-corrected chi connectivity index (χ1v) is 8.88. The molecule has 0 atom stereocenters. The zero-order chi connectivity index (χ0) is 16.4. The number of oxazole rings is 1. The first kappa shape index (κ1) is 15.8. The summed E-state index contributed by atoms with van der Waals surface area (Å²) in [6.07, 6.45) is 5.91. The zero-order valence-corrected chi connectivity index (χ0v) is 13.9. The summed E-state index contributed by atoms with van der Waals surface area (Å²) < 4.78 is 24.6. The first-order chi connectivity index (χ1) is 11.8. The summed E-state index contributed by atoms with van der Waals surface area (Å²) in [5.74, 6) is -0.306. The van der Waals surface area contributed by atoms with Crippen molar-refractivity contribution >= 4 is 17.1 Å². The largest absolute Gasteiger partial charge is 0.423 e. The van der Waals surface area contributed by atoms with Crippen LogP contribution in [0.15, 0.2) is 22.6 Å². The topological polar surface area (TPSA) is 50.5 Å². The smallest absolute Gasteiger partial charge is 0.295 e. The number of benzene rings is 1. The number of anilines is 1. The van der Waals surface area contributed by atoms with E-state index in [4.69, 9.17) is 9.15 Å². The molecule has 0 saturated carbocycles. The second-order valence-electron chi connectivity index (χ2n) is 6.87. The molecule has 0 amide bonds. The Labute approximate surface area is 141 Å². The molecule has 5 nitrogen and oxygen atoms in total. The number of likely N-dealkylation sites (tertiary alicyclic amines) is 1. The van der Waals surface area contributed by atoms with E-state index < -0.39 is 0 Å². The van der Waals surface area contributed by atoms with E-state index in [1.165, 1.54) is 31.4 Å². The van der Waals surface area contributed by atoms with Gasteiger partial charge in [-0.1, -0.05) is 6.42 Å². The van der Waals surface area contributed by atoms with Crippen molar-refractivity contribution < 1.29 is 13.5 Å². The summed E-state index contributed by atoms with van der Waals surface area (Å²) in [5.41, 5.74) is 1.26. The molecule has 3 heterocycles. The van der Waals surface area contributed by atoms with E-state index in [9.17, 15) is 4.39 Å². The highest BCUT2D eigenvalue weighted by atomic mass is 19.1. The monoisotopic (exact) mass is 333 g/mol. The third kappa shape index (κ3) is 3.13. The first-order valence-electron chi connectivity index (χ1n) is 8.88. The molecule has 0 aliphatic carbocycles. The highest BCUT2D eigenvalue weighted by Gasteiger charge is 2.39. The fourth-order valence-electron chi connectivity index (χ4n) is 3.94. The molecule has 2 aliphatic heterocycles. The van der Waals surface area contributed by atoms with E-state index in [-0.39, 0.29) is 11.4 Å². The molecule has 6 heteroatoms. The van der Waals surface area contributed by atoms with Gasteiger partial charge in [0.25, 0.3) is 6.01 Å². The molecule has 2 aromatic rings. The highest BCUT2D eigenvalue weighted by Crippen LogP contribution is 2.31. The third-order valence-electron chi connectivity index (χ3n) is 5.37. The summed E-state index contributed by atoms with van der Waals surface area (Å²) in [6.45, 7) is 4.69. The van der Waals surface area contributed by atoms with E-state index in [2.05, 4.69) is 15.2 Å². The molecule has 2 fully saturated rings. The van der Waals surface area contributed by atoms with Gasteiger partial charge in [-0.3, -0.25) is 4.90 Å². The molecular formula is C18H24FN3O2. The molecule has 1 N–H and O–H groups in total. The Bertz CT molecular complexity index is 691. The number of fused-ring (bicyclic) bond motifs is 1. The van der Waals surface area contributed by atoms with Crippen LogP contribution in [-0.4, -0.2) is 48.3 Å². The zero-order valence-electron chi connectivity index (χ0n) is 13.9. The van der Waals surface area contributed by atoms with Crippen molar-refractivity contribution in [3.63, 3.8) is 0 Å². The predicted molar refractivity (Wildman–Crippen MR) is 90.7 cm³/mol. The fraction of sp³-hybridized carbons (Fsp3) is 0.611. The van der Waals surface area contributed by atoms with Crippen LogP contribution in [-0.2, 0) is 4.74 Å². The van der Waals surface area contributed by atoms with Gasteiger partial charge in [-0.25, -0.2) is 4.39 Å². The van der Waals surface area contributed by atoms with Gasteiger partial charge in [0, 0.05) is 31.4 Å². The van der Waals surface area contributed by atoms with Crippen molar-refractivity contribution in [1.29, 1.82) is 0 Å². The third-order valence-corrected chi connectivity index (χ3v) is 5.37. The van der Waals surface area contributed by atoms with E-state index in [1.54, 1.807) is 6.07 Å². The molecule has 24 heavy (non-hydrogen) atoms. The number of ether oxygens (including phenoxy) is 1. The van der Waals surface area contributed by atoms with Crippen LogP contribution in [0.5, 0.6) is 0 Å². The van der Waals surface area contributed by atoms with Crippen molar-refractivity contribution in [1.82, 2.24) is 9.88 Å². The fourth-order valence-corrected chi connectivity index (χ4v) is 3.94.